The van der Waals surface area contributed by atoms with Gasteiger partial charge in [-0.05, 0) is 50.3 Å². The molecule has 38 heavy (non-hydrogen) atoms. The fourth-order valence-electron chi connectivity index (χ4n) is 4.95. The highest BCUT2D eigenvalue weighted by Gasteiger charge is 2.54. The van der Waals surface area contributed by atoms with Gasteiger partial charge in [0.05, 0.1) is 35.3 Å². The summed E-state index contributed by atoms with van der Waals surface area (Å²) >= 11 is 5.78. The zero-order valence-electron chi connectivity index (χ0n) is 20.4. The summed E-state index contributed by atoms with van der Waals surface area (Å²) in [6.07, 6.45) is 5.04. The normalized spacial score (nSPS) is 18.0. The highest BCUT2D eigenvalue weighted by molar-refractivity contribution is 7.92. The van der Waals surface area contributed by atoms with E-state index in [-0.39, 0.29) is 58.6 Å². The lowest BCUT2D eigenvalue weighted by atomic mass is 9.88. The average Bonchev–Trinajstić information content (AvgIpc) is 3.53. The van der Waals surface area contributed by atoms with Crippen molar-refractivity contribution in [1.82, 2.24) is 29.4 Å². The van der Waals surface area contributed by atoms with Crippen molar-refractivity contribution in [2.45, 2.75) is 51.1 Å². The second-order valence-corrected chi connectivity index (χ2v) is 10.4. The monoisotopic (exact) mass is 564 g/mol. The van der Waals surface area contributed by atoms with Crippen molar-refractivity contribution in [3.05, 3.63) is 64.3 Å². The predicted octanol–water partition coefficient (Wildman–Crippen LogP) is 4.92. The molecule has 2 aliphatic rings. The summed E-state index contributed by atoms with van der Waals surface area (Å²) in [5, 5.41) is 7.04. The Balaban J connectivity index is 1.29. The van der Waals surface area contributed by atoms with E-state index in [9.17, 15) is 22.3 Å². The number of aryl methyl sites for hydroxylation is 1. The maximum Gasteiger partial charge on any atom is 0.274 e. The highest BCUT2D eigenvalue weighted by atomic mass is 35.5. The molecule has 8 nitrogen and oxygen atoms in total. The van der Waals surface area contributed by atoms with Gasteiger partial charge in [0.1, 0.15) is 5.82 Å². The van der Waals surface area contributed by atoms with Crippen LogP contribution >= 0.6 is 23.9 Å². The molecule has 3 aromatic heterocycles. The number of rotatable bonds is 7. The summed E-state index contributed by atoms with van der Waals surface area (Å²) in [7, 11) is 0. The van der Waals surface area contributed by atoms with Crippen molar-refractivity contribution in [2.75, 3.05) is 6.54 Å². The van der Waals surface area contributed by atoms with Gasteiger partial charge < -0.3 is 10.2 Å². The molecular formula is C25H24ClF3N6O2S. The van der Waals surface area contributed by atoms with Crippen LogP contribution < -0.4 is 5.32 Å². The Kier molecular flexibility index (Phi) is 7.36. The van der Waals surface area contributed by atoms with E-state index >= 15 is 0 Å². The van der Waals surface area contributed by atoms with Crippen LogP contribution in [0.2, 0.25) is 5.02 Å². The second kappa shape index (κ2) is 10.6. The summed E-state index contributed by atoms with van der Waals surface area (Å²) in [5.41, 5.74) is 0.756. The molecule has 2 fully saturated rings. The Morgan fingerprint density at radius 1 is 1.21 bits per heavy atom. The van der Waals surface area contributed by atoms with Crippen LogP contribution in [0.1, 0.15) is 54.5 Å². The minimum atomic E-state index is -0.640. The Bertz CT molecular complexity index is 1400. The molecule has 0 aromatic carbocycles. The third-order valence-corrected chi connectivity index (χ3v) is 7.91. The Hall–Kier alpha value is -3.12. The van der Waals surface area contributed by atoms with Gasteiger partial charge in [-0.25, -0.2) is 8.78 Å². The van der Waals surface area contributed by atoms with Gasteiger partial charge in [0.2, 0.25) is 5.91 Å². The lowest BCUT2D eigenvalue weighted by Gasteiger charge is -2.39. The van der Waals surface area contributed by atoms with E-state index in [1.54, 1.807) is 4.90 Å². The van der Waals surface area contributed by atoms with Gasteiger partial charge in [-0.2, -0.15) is 9.19 Å². The molecule has 0 bridgehead atoms. The molecule has 1 atom stereocenters. The van der Waals surface area contributed by atoms with Crippen LogP contribution in [0.4, 0.5) is 12.7 Å². The van der Waals surface area contributed by atoms with Gasteiger partial charge in [0.15, 0.2) is 23.8 Å². The number of piperidine rings is 1. The molecule has 1 spiro atoms. The molecule has 1 unspecified atom stereocenters. The molecule has 1 N–H and O–H groups in total. The van der Waals surface area contributed by atoms with Crippen LogP contribution in [0.3, 0.4) is 0 Å². The Morgan fingerprint density at radius 2 is 2.00 bits per heavy atom. The molecule has 3 aromatic rings. The first-order valence-corrected chi connectivity index (χ1v) is 13.2. The number of hydrogen-bond acceptors (Lipinski definition) is 6. The van der Waals surface area contributed by atoms with E-state index in [1.807, 2.05) is 6.92 Å². The Morgan fingerprint density at radius 3 is 2.68 bits per heavy atom. The van der Waals surface area contributed by atoms with Crippen molar-refractivity contribution < 1.29 is 22.3 Å². The number of amides is 2. The summed E-state index contributed by atoms with van der Waals surface area (Å²) in [5.74, 6) is -2.10. The lowest BCUT2D eigenvalue weighted by molar-refractivity contribution is -0.127. The molecule has 4 heterocycles. The van der Waals surface area contributed by atoms with E-state index in [0.717, 1.165) is 35.4 Å². The van der Waals surface area contributed by atoms with Crippen molar-refractivity contribution in [2.24, 2.45) is 5.92 Å². The van der Waals surface area contributed by atoms with Crippen LogP contribution in [-0.2, 0) is 17.8 Å². The third-order valence-electron chi connectivity index (χ3n) is 7.17. The standard InChI is InChI=1S/C25H24ClF3N6O2S/c1-2-16-8-17(19(28)12-30-16)22-9-20(33-35(22)38-29)24(37)34-6-3-14(10-25(34)4-5-25)23(36)32-13-21-18(26)7-15(27)11-31-21/h7-9,11-12,14H,2-6,10,13H2,1H3,(H,32,36). The number of aromatic nitrogens is 4. The minimum absolute atomic E-state index is 0.00520. The van der Waals surface area contributed by atoms with Crippen LogP contribution in [0.15, 0.2) is 30.6 Å². The van der Waals surface area contributed by atoms with E-state index in [0.29, 0.717) is 37.2 Å². The van der Waals surface area contributed by atoms with Gasteiger partial charge in [-0.1, -0.05) is 18.5 Å². The minimum Gasteiger partial charge on any atom is -0.350 e. The fraction of sp³-hybridized carbons (Fsp3) is 0.400. The molecular weight excluding hydrogens is 541 g/mol. The summed E-state index contributed by atoms with van der Waals surface area (Å²) in [6.45, 7) is 2.26. The first kappa shape index (κ1) is 26.5. The zero-order chi connectivity index (χ0) is 27.0. The van der Waals surface area contributed by atoms with Crippen molar-refractivity contribution in [3.8, 4) is 11.3 Å². The molecule has 1 aliphatic carbocycles. The van der Waals surface area contributed by atoms with E-state index in [1.165, 1.54) is 12.1 Å². The number of pyridine rings is 2. The largest absolute Gasteiger partial charge is 0.350 e. The smallest absolute Gasteiger partial charge is 0.274 e. The van der Waals surface area contributed by atoms with E-state index < -0.39 is 17.2 Å². The number of carbonyl (C=O) groups excluding carboxylic acids is 2. The zero-order valence-corrected chi connectivity index (χ0v) is 22.0. The quantitative estimate of drug-likeness (QED) is 0.438. The van der Waals surface area contributed by atoms with Crippen LogP contribution in [0.25, 0.3) is 11.3 Å². The number of likely N-dealkylation sites (tertiary alicyclic amines) is 1. The maximum atomic E-state index is 14.5. The number of carbonyl (C=O) groups is 2. The second-order valence-electron chi connectivity index (χ2n) is 9.54. The first-order chi connectivity index (χ1) is 18.2. The molecule has 5 rings (SSSR count). The molecule has 2 amide bonds. The van der Waals surface area contributed by atoms with Gasteiger partial charge in [0, 0.05) is 29.3 Å². The predicted molar refractivity (Wildman–Crippen MR) is 136 cm³/mol. The first-order valence-electron chi connectivity index (χ1n) is 12.2. The van der Waals surface area contributed by atoms with Gasteiger partial charge in [-0.15, -0.1) is 3.89 Å². The van der Waals surface area contributed by atoms with Gasteiger partial charge >= 0.3 is 0 Å². The molecule has 0 radical (unpaired) electrons. The van der Waals surface area contributed by atoms with Gasteiger partial charge in [-0.3, -0.25) is 19.6 Å². The summed E-state index contributed by atoms with van der Waals surface area (Å²) in [6, 6.07) is 4.05. The topological polar surface area (TPSA) is 93.0 Å². The average molecular weight is 565 g/mol. The third kappa shape index (κ3) is 5.11. The fourth-order valence-corrected chi connectivity index (χ4v) is 5.52. The number of nitrogens with zero attached hydrogens (tertiary/aromatic N) is 5. The summed E-state index contributed by atoms with van der Waals surface area (Å²) < 4.78 is 42.4. The van der Waals surface area contributed by atoms with Crippen molar-refractivity contribution in [1.29, 1.82) is 0 Å². The lowest BCUT2D eigenvalue weighted by Crippen LogP contribution is -2.50. The Labute approximate surface area is 226 Å². The van der Waals surface area contributed by atoms with Crippen molar-refractivity contribution in [3.63, 3.8) is 0 Å². The number of hydrogen-bond donors (Lipinski definition) is 1. The van der Waals surface area contributed by atoms with E-state index in [2.05, 4.69) is 20.4 Å². The van der Waals surface area contributed by atoms with Crippen LogP contribution in [0, 0.1) is 17.6 Å². The van der Waals surface area contributed by atoms with Gasteiger partial charge in [0.25, 0.3) is 5.91 Å². The SMILES string of the molecule is CCc1cc(-c2cc(C(=O)N3CCC(C(=O)NCc4ncc(F)cc4Cl)CC34CC4)nn2SF)c(F)cn1. The molecule has 1 aliphatic heterocycles. The molecule has 13 heteroatoms. The molecule has 1 saturated carbocycles. The number of nitrogens with one attached hydrogen (secondary N) is 1. The maximum absolute atomic E-state index is 14.5. The number of halogens is 4. The van der Waals surface area contributed by atoms with Crippen molar-refractivity contribution >= 4 is 35.7 Å². The molecule has 200 valence electrons. The van der Waals surface area contributed by atoms with Crippen LogP contribution in [0.5, 0.6) is 0 Å². The highest BCUT2D eigenvalue weighted by Crippen LogP contribution is 2.50. The van der Waals surface area contributed by atoms with Crippen LogP contribution in [-0.4, -0.2) is 48.0 Å². The molecule has 1 saturated heterocycles. The van der Waals surface area contributed by atoms with E-state index in [4.69, 9.17) is 11.6 Å². The summed E-state index contributed by atoms with van der Waals surface area (Å²) in [4.78, 5) is 36.0.